The Bertz CT molecular complexity index is 455. The molecule has 1 aromatic rings. The van der Waals surface area contributed by atoms with E-state index in [1.54, 1.807) is 14.2 Å². The molecule has 1 aromatic carbocycles. The first-order valence-electron chi connectivity index (χ1n) is 7.76. The molecule has 0 radical (unpaired) electrons. The standard InChI is InChI=1S/C17H27NO3/c1-13(18-12-17(19)9-5-4-6-10-17)14-7-8-15(20-2)16(11-14)21-3/h7-8,11,13,18-19H,4-6,9-10,12H2,1-3H3. The second-order valence-electron chi connectivity index (χ2n) is 6.00. The number of aliphatic hydroxyl groups is 1. The smallest absolute Gasteiger partial charge is 0.161 e. The molecule has 1 aliphatic carbocycles. The van der Waals surface area contributed by atoms with Gasteiger partial charge in [0, 0.05) is 12.6 Å². The molecule has 21 heavy (non-hydrogen) atoms. The lowest BCUT2D eigenvalue weighted by molar-refractivity contribution is 0.00300. The van der Waals surface area contributed by atoms with Crippen LogP contribution in [0.4, 0.5) is 0 Å². The number of hydrogen-bond donors (Lipinski definition) is 2. The van der Waals surface area contributed by atoms with Gasteiger partial charge in [-0.1, -0.05) is 25.3 Å². The molecule has 0 saturated heterocycles. The lowest BCUT2D eigenvalue weighted by atomic mass is 9.84. The molecule has 4 nitrogen and oxygen atoms in total. The van der Waals surface area contributed by atoms with Crippen molar-refractivity contribution in [2.75, 3.05) is 20.8 Å². The van der Waals surface area contributed by atoms with E-state index in [2.05, 4.69) is 12.2 Å². The summed E-state index contributed by atoms with van der Waals surface area (Å²) >= 11 is 0. The van der Waals surface area contributed by atoms with E-state index >= 15 is 0 Å². The van der Waals surface area contributed by atoms with E-state index in [1.807, 2.05) is 18.2 Å². The average Bonchev–Trinajstić information content (AvgIpc) is 2.52. The van der Waals surface area contributed by atoms with E-state index in [0.717, 1.165) is 42.7 Å². The maximum absolute atomic E-state index is 10.5. The third kappa shape index (κ3) is 4.11. The van der Waals surface area contributed by atoms with E-state index in [0.29, 0.717) is 6.54 Å². The molecule has 2 rings (SSSR count). The van der Waals surface area contributed by atoms with Gasteiger partial charge in [0.05, 0.1) is 19.8 Å². The second kappa shape index (κ2) is 7.14. The van der Waals surface area contributed by atoms with Crippen molar-refractivity contribution in [3.8, 4) is 11.5 Å². The van der Waals surface area contributed by atoms with E-state index in [4.69, 9.17) is 9.47 Å². The summed E-state index contributed by atoms with van der Waals surface area (Å²) in [6.45, 7) is 2.75. The Morgan fingerprint density at radius 3 is 2.43 bits per heavy atom. The maximum Gasteiger partial charge on any atom is 0.161 e. The number of ether oxygens (including phenoxy) is 2. The van der Waals surface area contributed by atoms with Gasteiger partial charge in [-0.15, -0.1) is 0 Å². The van der Waals surface area contributed by atoms with E-state index < -0.39 is 5.60 Å². The third-order valence-corrected chi connectivity index (χ3v) is 4.43. The largest absolute Gasteiger partial charge is 0.493 e. The molecule has 4 heteroatoms. The normalized spacial score (nSPS) is 19.0. The monoisotopic (exact) mass is 293 g/mol. The predicted octanol–water partition coefficient (Wildman–Crippen LogP) is 3.05. The Balaban J connectivity index is 1.98. The highest BCUT2D eigenvalue weighted by molar-refractivity contribution is 5.43. The first kappa shape index (κ1) is 16.1. The molecule has 1 saturated carbocycles. The molecule has 1 unspecified atom stereocenters. The second-order valence-corrected chi connectivity index (χ2v) is 6.00. The van der Waals surface area contributed by atoms with Crippen molar-refractivity contribution < 1.29 is 14.6 Å². The number of rotatable bonds is 6. The Hall–Kier alpha value is -1.26. The Morgan fingerprint density at radius 1 is 1.14 bits per heavy atom. The first-order valence-corrected chi connectivity index (χ1v) is 7.76. The van der Waals surface area contributed by atoms with Gasteiger partial charge in [0.25, 0.3) is 0 Å². The van der Waals surface area contributed by atoms with Gasteiger partial charge in [0.1, 0.15) is 0 Å². The summed E-state index contributed by atoms with van der Waals surface area (Å²) in [5, 5.41) is 14.0. The molecule has 118 valence electrons. The van der Waals surface area contributed by atoms with Crippen molar-refractivity contribution in [3.63, 3.8) is 0 Å². The van der Waals surface area contributed by atoms with Crippen LogP contribution in [0, 0.1) is 0 Å². The zero-order valence-electron chi connectivity index (χ0n) is 13.3. The molecular formula is C17H27NO3. The van der Waals surface area contributed by atoms with Gasteiger partial charge in [-0.3, -0.25) is 0 Å². The number of hydrogen-bond acceptors (Lipinski definition) is 4. The van der Waals surface area contributed by atoms with E-state index in [9.17, 15) is 5.11 Å². The van der Waals surface area contributed by atoms with Gasteiger partial charge in [0.2, 0.25) is 0 Å². The minimum Gasteiger partial charge on any atom is -0.493 e. The molecule has 1 aliphatic rings. The Kier molecular flexibility index (Phi) is 5.48. The van der Waals surface area contributed by atoms with Crippen LogP contribution in [-0.4, -0.2) is 31.5 Å². The van der Waals surface area contributed by atoms with Crippen LogP contribution in [0.15, 0.2) is 18.2 Å². The van der Waals surface area contributed by atoms with Gasteiger partial charge in [-0.05, 0) is 37.5 Å². The minimum atomic E-state index is -0.539. The maximum atomic E-state index is 10.5. The van der Waals surface area contributed by atoms with E-state index in [1.165, 1.54) is 6.42 Å². The van der Waals surface area contributed by atoms with Crippen LogP contribution < -0.4 is 14.8 Å². The molecule has 1 fully saturated rings. The predicted molar refractivity (Wildman–Crippen MR) is 84.0 cm³/mol. The highest BCUT2D eigenvalue weighted by atomic mass is 16.5. The fraction of sp³-hybridized carbons (Fsp3) is 0.647. The van der Waals surface area contributed by atoms with Crippen LogP contribution in [0.5, 0.6) is 11.5 Å². The fourth-order valence-electron chi connectivity index (χ4n) is 2.97. The molecule has 0 spiro atoms. The number of nitrogens with one attached hydrogen (secondary N) is 1. The van der Waals surface area contributed by atoms with Crippen LogP contribution in [0.1, 0.15) is 50.6 Å². The van der Waals surface area contributed by atoms with Gasteiger partial charge in [0.15, 0.2) is 11.5 Å². The van der Waals surface area contributed by atoms with Crippen LogP contribution >= 0.6 is 0 Å². The molecule has 1 atom stereocenters. The number of benzene rings is 1. The van der Waals surface area contributed by atoms with Crippen molar-refractivity contribution in [3.05, 3.63) is 23.8 Å². The first-order chi connectivity index (χ1) is 10.1. The summed E-state index contributed by atoms with van der Waals surface area (Å²) in [5.41, 5.74) is 0.593. The lowest BCUT2D eigenvalue weighted by Crippen LogP contribution is -2.42. The zero-order chi connectivity index (χ0) is 15.3. The third-order valence-electron chi connectivity index (χ3n) is 4.43. The fourth-order valence-corrected chi connectivity index (χ4v) is 2.97. The SMILES string of the molecule is COc1ccc(C(C)NCC2(O)CCCCC2)cc1OC. The summed E-state index contributed by atoms with van der Waals surface area (Å²) in [5.74, 6) is 1.47. The molecule has 0 aliphatic heterocycles. The molecule has 2 N–H and O–H groups in total. The Labute approximate surface area is 127 Å². The number of methoxy groups -OCH3 is 2. The summed E-state index contributed by atoms with van der Waals surface area (Å²) in [4.78, 5) is 0. The van der Waals surface area contributed by atoms with Crippen LogP contribution in [0.3, 0.4) is 0 Å². The molecule has 0 amide bonds. The molecular weight excluding hydrogens is 266 g/mol. The summed E-state index contributed by atoms with van der Waals surface area (Å²) < 4.78 is 10.6. The quantitative estimate of drug-likeness (QED) is 0.846. The molecule has 0 aromatic heterocycles. The summed E-state index contributed by atoms with van der Waals surface area (Å²) in [6.07, 6.45) is 5.30. The highest BCUT2D eigenvalue weighted by Crippen LogP contribution is 2.31. The van der Waals surface area contributed by atoms with E-state index in [-0.39, 0.29) is 6.04 Å². The van der Waals surface area contributed by atoms with Gasteiger partial charge >= 0.3 is 0 Å². The average molecular weight is 293 g/mol. The van der Waals surface area contributed by atoms with Crippen molar-refractivity contribution in [1.82, 2.24) is 5.32 Å². The minimum absolute atomic E-state index is 0.163. The molecule has 0 bridgehead atoms. The lowest BCUT2D eigenvalue weighted by Gasteiger charge is -2.33. The Morgan fingerprint density at radius 2 is 1.81 bits per heavy atom. The van der Waals surface area contributed by atoms with Crippen LogP contribution in [-0.2, 0) is 0 Å². The van der Waals surface area contributed by atoms with Crippen molar-refractivity contribution in [2.45, 2.75) is 50.7 Å². The van der Waals surface area contributed by atoms with Gasteiger partial charge in [-0.2, -0.15) is 0 Å². The van der Waals surface area contributed by atoms with Crippen molar-refractivity contribution in [2.24, 2.45) is 0 Å². The topological polar surface area (TPSA) is 50.7 Å². The summed E-state index contributed by atoms with van der Waals surface area (Å²) in [7, 11) is 3.28. The van der Waals surface area contributed by atoms with Crippen LogP contribution in [0.2, 0.25) is 0 Å². The highest BCUT2D eigenvalue weighted by Gasteiger charge is 2.29. The van der Waals surface area contributed by atoms with Crippen LogP contribution in [0.25, 0.3) is 0 Å². The van der Waals surface area contributed by atoms with Crippen molar-refractivity contribution in [1.29, 1.82) is 0 Å². The van der Waals surface area contributed by atoms with Crippen molar-refractivity contribution >= 4 is 0 Å². The van der Waals surface area contributed by atoms with Gasteiger partial charge < -0.3 is 19.9 Å². The summed E-state index contributed by atoms with van der Waals surface area (Å²) in [6, 6.07) is 6.10. The zero-order valence-corrected chi connectivity index (χ0v) is 13.3. The van der Waals surface area contributed by atoms with Gasteiger partial charge in [-0.25, -0.2) is 0 Å². The molecule has 0 heterocycles.